The third-order valence-electron chi connectivity index (χ3n) is 4.61. The molecule has 3 rings (SSSR count). The molecule has 1 aromatic carbocycles. The molecule has 2 atom stereocenters. The number of aromatic nitrogens is 2. The lowest BCUT2D eigenvalue weighted by atomic mass is 9.96. The van der Waals surface area contributed by atoms with Crippen molar-refractivity contribution in [2.45, 2.75) is 52.1 Å². The van der Waals surface area contributed by atoms with Crippen LogP contribution in [0.3, 0.4) is 0 Å². The largest absolute Gasteiger partial charge is 0.336 e. The molecular weight excluding hydrogens is 331 g/mol. The van der Waals surface area contributed by atoms with Crippen LogP contribution in [0.25, 0.3) is 5.69 Å². The van der Waals surface area contributed by atoms with E-state index in [9.17, 15) is 9.18 Å². The first-order valence-electron chi connectivity index (χ1n) is 8.92. The first-order valence-corrected chi connectivity index (χ1v) is 8.92. The molecule has 2 amide bonds. The Balaban J connectivity index is 1.76. The van der Waals surface area contributed by atoms with Crippen molar-refractivity contribution in [1.29, 1.82) is 0 Å². The Morgan fingerprint density at radius 3 is 2.58 bits per heavy atom. The van der Waals surface area contributed by atoms with Crippen LogP contribution in [0.1, 0.15) is 43.1 Å². The monoisotopic (exact) mass is 356 g/mol. The number of aryl methyl sites for hydroxylation is 1. The zero-order chi connectivity index (χ0) is 18.8. The molecule has 5 nitrogen and oxygen atoms in total. The minimum absolute atomic E-state index is 0.00622. The number of rotatable bonds is 4. The summed E-state index contributed by atoms with van der Waals surface area (Å²) < 4.78 is 15.0. The van der Waals surface area contributed by atoms with Crippen LogP contribution in [0, 0.1) is 19.7 Å². The van der Waals surface area contributed by atoms with Crippen molar-refractivity contribution in [3.8, 4) is 5.69 Å². The summed E-state index contributed by atoms with van der Waals surface area (Å²) in [4.78, 5) is 11.9. The number of halogens is 1. The fourth-order valence-corrected chi connectivity index (χ4v) is 3.52. The fourth-order valence-electron chi connectivity index (χ4n) is 3.52. The quantitative estimate of drug-likeness (QED) is 0.820. The number of amides is 2. The van der Waals surface area contributed by atoms with E-state index in [-0.39, 0.29) is 29.8 Å². The van der Waals surface area contributed by atoms with Crippen LogP contribution in [0.15, 0.2) is 36.4 Å². The number of carbonyl (C=O) groups excluding carboxylic acids is 1. The predicted octanol–water partition coefficient (Wildman–Crippen LogP) is 3.75. The van der Waals surface area contributed by atoms with Crippen LogP contribution < -0.4 is 10.6 Å². The van der Waals surface area contributed by atoms with Gasteiger partial charge in [-0.05, 0) is 58.4 Å². The number of allylic oxidation sites excluding steroid dienone is 1. The Bertz CT molecular complexity index is 823. The van der Waals surface area contributed by atoms with Crippen LogP contribution in [-0.4, -0.2) is 27.9 Å². The maximum Gasteiger partial charge on any atom is 0.315 e. The van der Waals surface area contributed by atoms with Gasteiger partial charge in [0.1, 0.15) is 5.82 Å². The summed E-state index contributed by atoms with van der Waals surface area (Å²) in [5.74, 6) is -0.0589. The second-order valence-electron chi connectivity index (χ2n) is 7.08. The third-order valence-corrected chi connectivity index (χ3v) is 4.61. The summed E-state index contributed by atoms with van der Waals surface area (Å²) in [6.07, 6.45) is 4.98. The second kappa shape index (κ2) is 7.32. The third kappa shape index (κ3) is 3.79. The standard InChI is InChI=1S/C20H25FN4O/c1-12(2)22-20(26)23-17-8-5-15(11-17)19-13(3)24-25(14(19)4)18-9-6-16(21)7-10-18/h5-10,12,15,17H,11H2,1-4H3,(H2,22,23,26). The highest BCUT2D eigenvalue weighted by atomic mass is 19.1. The highest BCUT2D eigenvalue weighted by molar-refractivity contribution is 5.74. The van der Waals surface area contributed by atoms with E-state index < -0.39 is 0 Å². The Kier molecular flexibility index (Phi) is 5.11. The van der Waals surface area contributed by atoms with E-state index in [0.717, 1.165) is 23.5 Å². The smallest absolute Gasteiger partial charge is 0.315 e. The van der Waals surface area contributed by atoms with Gasteiger partial charge in [0, 0.05) is 29.3 Å². The van der Waals surface area contributed by atoms with Gasteiger partial charge >= 0.3 is 6.03 Å². The predicted molar refractivity (Wildman–Crippen MR) is 100 cm³/mol. The van der Waals surface area contributed by atoms with Crippen LogP contribution in [-0.2, 0) is 0 Å². The van der Waals surface area contributed by atoms with E-state index in [1.165, 1.54) is 17.7 Å². The van der Waals surface area contributed by atoms with E-state index in [1.807, 2.05) is 38.5 Å². The van der Waals surface area contributed by atoms with Gasteiger partial charge in [-0.25, -0.2) is 13.9 Å². The van der Waals surface area contributed by atoms with Crippen LogP contribution in [0.2, 0.25) is 0 Å². The molecule has 0 spiro atoms. The van der Waals surface area contributed by atoms with E-state index in [2.05, 4.69) is 21.8 Å². The zero-order valence-electron chi connectivity index (χ0n) is 15.6. The summed E-state index contributed by atoms with van der Waals surface area (Å²) in [5, 5.41) is 10.5. The first-order chi connectivity index (χ1) is 12.3. The number of hydrogen-bond donors (Lipinski definition) is 2. The van der Waals surface area contributed by atoms with E-state index in [4.69, 9.17) is 0 Å². The van der Waals surface area contributed by atoms with Gasteiger partial charge in [-0.1, -0.05) is 12.2 Å². The molecule has 26 heavy (non-hydrogen) atoms. The molecule has 0 bridgehead atoms. The number of carbonyl (C=O) groups is 1. The number of benzene rings is 1. The summed E-state index contributed by atoms with van der Waals surface area (Å²) in [6.45, 7) is 7.88. The van der Waals surface area contributed by atoms with Gasteiger partial charge in [0.2, 0.25) is 0 Å². The average Bonchev–Trinajstić information content (AvgIpc) is 3.11. The molecule has 6 heteroatoms. The summed E-state index contributed by atoms with van der Waals surface area (Å²) in [6, 6.07) is 6.29. The van der Waals surface area contributed by atoms with Gasteiger partial charge in [0.25, 0.3) is 0 Å². The van der Waals surface area contributed by atoms with E-state index >= 15 is 0 Å². The Morgan fingerprint density at radius 1 is 1.23 bits per heavy atom. The van der Waals surface area contributed by atoms with Crippen molar-refractivity contribution in [2.24, 2.45) is 0 Å². The Hall–Kier alpha value is -2.63. The van der Waals surface area contributed by atoms with Crippen molar-refractivity contribution in [3.05, 3.63) is 59.2 Å². The van der Waals surface area contributed by atoms with Crippen LogP contribution >= 0.6 is 0 Å². The number of urea groups is 1. The van der Waals surface area contributed by atoms with Gasteiger partial charge in [-0.15, -0.1) is 0 Å². The highest BCUT2D eigenvalue weighted by Crippen LogP contribution is 2.33. The molecule has 1 aromatic heterocycles. The van der Waals surface area contributed by atoms with Gasteiger partial charge in [-0.3, -0.25) is 0 Å². The topological polar surface area (TPSA) is 59.0 Å². The summed E-state index contributed by atoms with van der Waals surface area (Å²) in [5.41, 5.74) is 4.00. The molecule has 2 unspecified atom stereocenters. The molecular formula is C20H25FN4O. The molecule has 1 heterocycles. The van der Waals surface area contributed by atoms with Crippen LogP contribution in [0.5, 0.6) is 0 Å². The molecule has 138 valence electrons. The van der Waals surface area contributed by atoms with Crippen molar-refractivity contribution in [1.82, 2.24) is 20.4 Å². The number of hydrogen-bond acceptors (Lipinski definition) is 2. The lowest BCUT2D eigenvalue weighted by molar-refractivity contribution is 0.236. The van der Waals surface area contributed by atoms with Gasteiger partial charge in [-0.2, -0.15) is 5.10 Å². The summed E-state index contributed by atoms with van der Waals surface area (Å²) >= 11 is 0. The summed E-state index contributed by atoms with van der Waals surface area (Å²) in [7, 11) is 0. The SMILES string of the molecule is Cc1nn(-c2ccc(F)cc2)c(C)c1C1C=CC(NC(=O)NC(C)C)C1. The molecule has 0 saturated carbocycles. The second-order valence-corrected chi connectivity index (χ2v) is 7.08. The molecule has 0 saturated heterocycles. The minimum Gasteiger partial charge on any atom is -0.336 e. The van der Waals surface area contributed by atoms with Gasteiger partial charge < -0.3 is 10.6 Å². The lowest BCUT2D eigenvalue weighted by Gasteiger charge is -2.16. The maximum absolute atomic E-state index is 13.2. The molecule has 1 aliphatic carbocycles. The van der Waals surface area contributed by atoms with Crippen molar-refractivity contribution >= 4 is 6.03 Å². The van der Waals surface area contributed by atoms with E-state index in [1.54, 1.807) is 12.1 Å². The fraction of sp³-hybridized carbons (Fsp3) is 0.400. The Morgan fingerprint density at radius 2 is 1.92 bits per heavy atom. The van der Waals surface area contributed by atoms with Gasteiger partial charge in [0.15, 0.2) is 0 Å². The molecule has 0 aliphatic heterocycles. The van der Waals surface area contributed by atoms with E-state index in [0.29, 0.717) is 0 Å². The molecule has 2 aromatic rings. The number of nitrogens with zero attached hydrogens (tertiary/aromatic N) is 2. The highest BCUT2D eigenvalue weighted by Gasteiger charge is 2.27. The van der Waals surface area contributed by atoms with Gasteiger partial charge in [0.05, 0.1) is 11.4 Å². The first kappa shape index (κ1) is 18.2. The van der Waals surface area contributed by atoms with Crippen molar-refractivity contribution < 1.29 is 9.18 Å². The zero-order valence-corrected chi connectivity index (χ0v) is 15.6. The average molecular weight is 356 g/mol. The lowest BCUT2D eigenvalue weighted by Crippen LogP contribution is -2.43. The molecule has 0 radical (unpaired) electrons. The molecule has 0 fully saturated rings. The number of nitrogens with one attached hydrogen (secondary N) is 2. The minimum atomic E-state index is -0.261. The molecule has 2 N–H and O–H groups in total. The molecule has 1 aliphatic rings. The maximum atomic E-state index is 13.2. The van der Waals surface area contributed by atoms with Crippen molar-refractivity contribution in [2.75, 3.05) is 0 Å². The van der Waals surface area contributed by atoms with Crippen LogP contribution in [0.4, 0.5) is 9.18 Å². The normalized spacial score (nSPS) is 19.2. The van der Waals surface area contributed by atoms with Crippen molar-refractivity contribution in [3.63, 3.8) is 0 Å². The Labute approximate surface area is 153 Å².